The van der Waals surface area contributed by atoms with Gasteiger partial charge in [-0.05, 0) is 59.5 Å². The second-order valence-corrected chi connectivity index (χ2v) is 11.1. The van der Waals surface area contributed by atoms with Crippen molar-refractivity contribution in [3.05, 3.63) is 131 Å². The van der Waals surface area contributed by atoms with Crippen LogP contribution < -0.4 is 9.47 Å². The summed E-state index contributed by atoms with van der Waals surface area (Å²) in [5, 5.41) is 11.3. The first-order valence-electron chi connectivity index (χ1n) is 14.9. The highest BCUT2D eigenvalue weighted by atomic mass is 16.7. The first-order chi connectivity index (χ1) is 22.3. The molecular weight excluding hydrogens is 588 g/mol. The lowest BCUT2D eigenvalue weighted by atomic mass is 9.80. The molecule has 0 saturated carbocycles. The summed E-state index contributed by atoms with van der Waals surface area (Å²) in [5.74, 6) is -0.355. The minimum atomic E-state index is -1.11. The molecule has 6 rings (SSSR count). The maximum Gasteiger partial charge on any atom is 0.285 e. The lowest BCUT2D eigenvalue weighted by Gasteiger charge is -2.38. The van der Waals surface area contributed by atoms with Crippen LogP contribution in [0.15, 0.2) is 103 Å². The molecule has 4 aromatic rings. The molecule has 1 N–H and O–H groups in total. The predicted molar refractivity (Wildman–Crippen MR) is 167 cm³/mol. The molecule has 0 bridgehead atoms. The Morgan fingerprint density at radius 3 is 1.78 bits per heavy atom. The topological polar surface area (TPSA) is 115 Å². The number of likely N-dealkylation sites (tertiary alicyclic amines) is 1. The van der Waals surface area contributed by atoms with Crippen LogP contribution in [0.1, 0.15) is 43.8 Å². The van der Waals surface area contributed by atoms with Gasteiger partial charge in [-0.15, -0.1) is 5.06 Å². The van der Waals surface area contributed by atoms with Crippen LogP contribution in [0, 0.1) is 0 Å². The van der Waals surface area contributed by atoms with Crippen molar-refractivity contribution in [2.45, 2.75) is 24.2 Å². The molecule has 0 unspecified atom stereocenters. The van der Waals surface area contributed by atoms with Crippen molar-refractivity contribution in [3.8, 4) is 11.5 Å². The van der Waals surface area contributed by atoms with Gasteiger partial charge in [0.15, 0.2) is 6.61 Å². The number of aliphatic hydroxyl groups is 1. The molecule has 10 nitrogen and oxygen atoms in total. The van der Waals surface area contributed by atoms with Gasteiger partial charge in [0.1, 0.15) is 17.1 Å². The number of imide groups is 1. The third kappa shape index (κ3) is 5.74. The number of nitrogens with zero attached hydrogens (tertiary/aromatic N) is 2. The molecule has 0 radical (unpaired) electrons. The summed E-state index contributed by atoms with van der Waals surface area (Å²) in [6.45, 7) is -0.444. The Kier molecular flexibility index (Phi) is 8.85. The van der Waals surface area contributed by atoms with Crippen LogP contribution in [-0.4, -0.2) is 78.9 Å². The van der Waals surface area contributed by atoms with E-state index < -0.39 is 42.1 Å². The van der Waals surface area contributed by atoms with Crippen molar-refractivity contribution in [2.75, 3.05) is 34.0 Å². The molecule has 3 amide bonds. The van der Waals surface area contributed by atoms with Crippen LogP contribution in [-0.2, 0) is 20.0 Å². The highest BCUT2D eigenvalue weighted by Crippen LogP contribution is 2.42. The molecule has 4 aromatic carbocycles. The molecule has 236 valence electrons. The number of benzene rings is 4. The summed E-state index contributed by atoms with van der Waals surface area (Å²) in [7, 11) is 3.21. The van der Waals surface area contributed by atoms with Crippen LogP contribution in [0.2, 0.25) is 0 Å². The normalized spacial score (nSPS) is 17.7. The quantitative estimate of drug-likeness (QED) is 0.196. The van der Waals surface area contributed by atoms with Crippen molar-refractivity contribution in [1.82, 2.24) is 9.96 Å². The molecule has 2 aliphatic heterocycles. The van der Waals surface area contributed by atoms with E-state index in [1.54, 1.807) is 26.4 Å². The van der Waals surface area contributed by atoms with Gasteiger partial charge in [0.25, 0.3) is 17.7 Å². The second-order valence-electron chi connectivity index (χ2n) is 11.1. The van der Waals surface area contributed by atoms with Gasteiger partial charge in [-0.25, -0.2) is 0 Å². The lowest BCUT2D eigenvalue weighted by Crippen LogP contribution is -2.44. The maximum absolute atomic E-state index is 13.5. The van der Waals surface area contributed by atoms with Gasteiger partial charge >= 0.3 is 0 Å². The third-order valence-corrected chi connectivity index (χ3v) is 8.45. The van der Waals surface area contributed by atoms with Gasteiger partial charge < -0.3 is 24.2 Å². The van der Waals surface area contributed by atoms with Crippen molar-refractivity contribution in [3.63, 3.8) is 0 Å². The summed E-state index contributed by atoms with van der Waals surface area (Å²) in [6, 6.07) is 30.9. The summed E-state index contributed by atoms with van der Waals surface area (Å²) < 4.78 is 17.8. The number of aliphatic hydroxyl groups excluding tert-OH is 1. The van der Waals surface area contributed by atoms with E-state index in [1.165, 1.54) is 17.0 Å². The van der Waals surface area contributed by atoms with Crippen LogP contribution in [0.3, 0.4) is 0 Å². The molecule has 10 heteroatoms. The number of hydrogen-bond donors (Lipinski definition) is 1. The molecule has 2 heterocycles. The number of rotatable bonds is 11. The van der Waals surface area contributed by atoms with Gasteiger partial charge in [-0.1, -0.05) is 66.7 Å². The Morgan fingerprint density at radius 1 is 0.761 bits per heavy atom. The first kappa shape index (κ1) is 31.0. The molecular formula is C36H34N2O8. The van der Waals surface area contributed by atoms with E-state index in [0.29, 0.717) is 16.6 Å². The zero-order valence-electron chi connectivity index (χ0n) is 25.5. The highest BCUT2D eigenvalue weighted by molar-refractivity contribution is 6.20. The smallest absolute Gasteiger partial charge is 0.285 e. The van der Waals surface area contributed by atoms with E-state index in [-0.39, 0.29) is 30.7 Å². The Hall–Kier alpha value is -5.03. The number of fused-ring (bicyclic) bond motifs is 1. The van der Waals surface area contributed by atoms with Gasteiger partial charge in [-0.3, -0.25) is 19.2 Å². The van der Waals surface area contributed by atoms with Crippen LogP contribution >= 0.6 is 0 Å². The van der Waals surface area contributed by atoms with E-state index in [4.69, 9.17) is 19.0 Å². The van der Waals surface area contributed by atoms with E-state index in [2.05, 4.69) is 0 Å². The lowest BCUT2D eigenvalue weighted by molar-refractivity contribution is -0.152. The van der Waals surface area contributed by atoms with E-state index in [0.717, 1.165) is 16.7 Å². The SMILES string of the molecule is COc1ccc(C(OC[C@@H]2C[C@@H](O)CN2C(=O)CON2C(=O)c3ccccc3C2=O)(c2ccccc2)c2ccc(OC)cc2)cc1. The Labute approximate surface area is 266 Å². The van der Waals surface area contributed by atoms with Crippen molar-refractivity contribution in [1.29, 1.82) is 0 Å². The fourth-order valence-electron chi connectivity index (χ4n) is 6.14. The first-order valence-corrected chi connectivity index (χ1v) is 14.9. The Morgan fingerprint density at radius 2 is 1.26 bits per heavy atom. The Bertz CT molecular complexity index is 1630. The number of β-amino-alcohol motifs (C(OH)–C–C–N with tert-alkyl or cyclic N) is 1. The number of ether oxygens (including phenoxy) is 3. The van der Waals surface area contributed by atoms with Crippen LogP contribution in [0.4, 0.5) is 0 Å². The average Bonchev–Trinajstić information content (AvgIpc) is 3.60. The number of carbonyl (C=O) groups is 3. The van der Waals surface area contributed by atoms with Crippen LogP contribution in [0.5, 0.6) is 11.5 Å². The second kappa shape index (κ2) is 13.1. The number of hydrogen-bond acceptors (Lipinski definition) is 8. The molecule has 2 atom stereocenters. The summed E-state index contributed by atoms with van der Waals surface area (Å²) >= 11 is 0. The van der Waals surface area contributed by atoms with Gasteiger partial charge in [0.2, 0.25) is 0 Å². The minimum absolute atomic E-state index is 0.0573. The predicted octanol–water partition coefficient (Wildman–Crippen LogP) is 4.20. The van der Waals surface area contributed by atoms with E-state index in [9.17, 15) is 19.5 Å². The molecule has 2 aliphatic rings. The summed E-state index contributed by atoms with van der Waals surface area (Å²) in [5.41, 5.74) is 1.84. The third-order valence-electron chi connectivity index (χ3n) is 8.45. The molecule has 0 aromatic heterocycles. The van der Waals surface area contributed by atoms with E-state index in [1.807, 2.05) is 78.9 Å². The number of carbonyl (C=O) groups excluding carboxylic acids is 3. The van der Waals surface area contributed by atoms with Gasteiger partial charge in [0.05, 0.1) is 44.1 Å². The monoisotopic (exact) mass is 622 g/mol. The van der Waals surface area contributed by atoms with E-state index >= 15 is 0 Å². The standard InChI is InChI=1S/C36H34N2O8/c1-43-29-16-12-25(13-17-29)36(24-8-4-3-5-9-24,26-14-18-30(44-2)19-15-26)45-22-27-20-28(39)21-37(27)33(40)23-46-38-34(41)31-10-6-7-11-32(31)35(38)42/h3-19,27-28,39H,20-23H2,1-2H3/t27-,28+/m0/s1. The van der Waals surface area contributed by atoms with Crippen molar-refractivity contribution in [2.24, 2.45) is 0 Å². The summed E-state index contributed by atoms with van der Waals surface area (Å²) in [6.07, 6.45) is -0.514. The molecule has 1 saturated heterocycles. The molecule has 0 spiro atoms. The summed E-state index contributed by atoms with van der Waals surface area (Å²) in [4.78, 5) is 45.9. The minimum Gasteiger partial charge on any atom is -0.497 e. The van der Waals surface area contributed by atoms with Gasteiger partial charge in [-0.2, -0.15) is 0 Å². The number of hydroxylamine groups is 2. The highest BCUT2D eigenvalue weighted by Gasteiger charge is 2.42. The number of methoxy groups -OCH3 is 2. The Balaban J connectivity index is 1.28. The zero-order chi connectivity index (χ0) is 32.3. The largest absolute Gasteiger partial charge is 0.497 e. The fraction of sp³-hybridized carbons (Fsp3) is 0.250. The van der Waals surface area contributed by atoms with Crippen LogP contribution in [0.25, 0.3) is 0 Å². The van der Waals surface area contributed by atoms with Crippen molar-refractivity contribution >= 4 is 17.7 Å². The van der Waals surface area contributed by atoms with Crippen molar-refractivity contribution < 1.29 is 38.5 Å². The molecule has 46 heavy (non-hydrogen) atoms. The average molecular weight is 623 g/mol. The zero-order valence-corrected chi connectivity index (χ0v) is 25.5. The molecule has 0 aliphatic carbocycles. The maximum atomic E-state index is 13.5. The molecule has 1 fully saturated rings. The van der Waals surface area contributed by atoms with Gasteiger partial charge in [0, 0.05) is 6.54 Å². The number of amides is 3. The fourth-order valence-corrected chi connectivity index (χ4v) is 6.14.